The first-order valence-electron chi connectivity index (χ1n) is 7.95. The lowest BCUT2D eigenvalue weighted by molar-refractivity contribution is -0.119. The van der Waals surface area contributed by atoms with Crippen molar-refractivity contribution in [3.63, 3.8) is 0 Å². The Morgan fingerprint density at radius 1 is 1.00 bits per heavy atom. The Morgan fingerprint density at radius 2 is 1.72 bits per heavy atom. The molecule has 2 rings (SSSR count). The first-order chi connectivity index (χ1) is 12.2. The van der Waals surface area contributed by atoms with Crippen LogP contribution in [0.3, 0.4) is 0 Å². The number of carbonyl (C=O) groups excluding carboxylic acids is 2. The molecule has 0 heterocycles. The zero-order chi connectivity index (χ0) is 18.1. The summed E-state index contributed by atoms with van der Waals surface area (Å²) in [5.41, 5.74) is 2.00. The molecule has 6 nitrogen and oxygen atoms in total. The number of amides is 1. The lowest BCUT2D eigenvalue weighted by Crippen LogP contribution is -2.31. The van der Waals surface area contributed by atoms with E-state index in [9.17, 15) is 9.59 Å². The van der Waals surface area contributed by atoms with Crippen LogP contribution in [-0.2, 0) is 16.0 Å². The average molecular weight is 342 g/mol. The molecule has 2 aromatic rings. The monoisotopic (exact) mass is 342 g/mol. The van der Waals surface area contributed by atoms with Crippen molar-refractivity contribution < 1.29 is 19.1 Å². The number of hydrogen-bond donors (Lipinski definition) is 2. The van der Waals surface area contributed by atoms with Gasteiger partial charge in [-0.1, -0.05) is 30.3 Å². The molecule has 132 valence electrons. The molecule has 0 unspecified atom stereocenters. The van der Waals surface area contributed by atoms with Gasteiger partial charge in [0.15, 0.2) is 0 Å². The minimum absolute atomic E-state index is 0.0694. The van der Waals surface area contributed by atoms with E-state index in [-0.39, 0.29) is 12.5 Å². The maximum Gasteiger partial charge on any atom is 0.339 e. The van der Waals surface area contributed by atoms with Crippen LogP contribution in [0.2, 0.25) is 0 Å². The molecule has 6 heteroatoms. The van der Waals surface area contributed by atoms with Crippen LogP contribution < -0.4 is 15.4 Å². The quantitative estimate of drug-likeness (QED) is 0.720. The van der Waals surface area contributed by atoms with Gasteiger partial charge in [-0.3, -0.25) is 4.79 Å². The first kappa shape index (κ1) is 18.3. The molecule has 0 bridgehead atoms. The second-order valence-corrected chi connectivity index (χ2v) is 5.30. The minimum atomic E-state index is -0.445. The number of hydrogen-bond acceptors (Lipinski definition) is 5. The Labute approximate surface area is 147 Å². The fourth-order valence-electron chi connectivity index (χ4n) is 2.41. The molecule has 1 amide bonds. The Balaban J connectivity index is 1.83. The van der Waals surface area contributed by atoms with E-state index < -0.39 is 5.97 Å². The summed E-state index contributed by atoms with van der Waals surface area (Å²) in [6.45, 7) is 0.569. The van der Waals surface area contributed by atoms with Gasteiger partial charge < -0.3 is 20.1 Å². The summed E-state index contributed by atoms with van der Waals surface area (Å²) in [4.78, 5) is 23.7. The molecular weight excluding hydrogens is 320 g/mol. The summed E-state index contributed by atoms with van der Waals surface area (Å²) >= 11 is 0. The van der Waals surface area contributed by atoms with Crippen LogP contribution in [0.15, 0.2) is 48.5 Å². The second kappa shape index (κ2) is 9.32. The smallest absolute Gasteiger partial charge is 0.339 e. The Kier molecular flexibility index (Phi) is 6.83. The zero-order valence-corrected chi connectivity index (χ0v) is 14.4. The van der Waals surface area contributed by atoms with Crippen molar-refractivity contribution in [2.75, 3.05) is 32.6 Å². The molecule has 25 heavy (non-hydrogen) atoms. The van der Waals surface area contributed by atoms with E-state index in [0.29, 0.717) is 24.2 Å². The minimum Gasteiger partial charge on any atom is -0.496 e. The predicted octanol–water partition coefficient (Wildman–Crippen LogP) is 2.25. The van der Waals surface area contributed by atoms with Gasteiger partial charge in [0.25, 0.3) is 0 Å². The van der Waals surface area contributed by atoms with Crippen LogP contribution in [0.5, 0.6) is 5.75 Å². The molecule has 0 radical (unpaired) electrons. The summed E-state index contributed by atoms with van der Waals surface area (Å²) in [7, 11) is 2.95. The summed E-state index contributed by atoms with van der Waals surface area (Å²) in [5, 5.41) is 5.80. The van der Waals surface area contributed by atoms with Crippen LogP contribution in [-0.4, -0.2) is 39.2 Å². The largest absolute Gasteiger partial charge is 0.496 e. The number of esters is 1. The Bertz CT molecular complexity index is 731. The molecule has 0 aromatic heterocycles. The molecule has 2 N–H and O–H groups in total. The number of benzene rings is 2. The summed E-state index contributed by atoms with van der Waals surface area (Å²) in [6, 6.07) is 14.6. The number of ether oxygens (including phenoxy) is 2. The highest BCUT2D eigenvalue weighted by atomic mass is 16.5. The summed E-state index contributed by atoms with van der Waals surface area (Å²) in [6.07, 6.45) is 0.675. The molecule has 0 aliphatic carbocycles. The highest BCUT2D eigenvalue weighted by Crippen LogP contribution is 2.17. The fourth-order valence-corrected chi connectivity index (χ4v) is 2.41. The number of rotatable bonds is 8. The van der Waals surface area contributed by atoms with E-state index in [1.54, 1.807) is 31.4 Å². The lowest BCUT2D eigenvalue weighted by Gasteiger charge is -2.11. The van der Waals surface area contributed by atoms with Crippen LogP contribution in [0.1, 0.15) is 15.9 Å². The number of nitrogens with one attached hydrogen (secondary N) is 2. The molecule has 0 spiro atoms. The van der Waals surface area contributed by atoms with E-state index >= 15 is 0 Å². The van der Waals surface area contributed by atoms with Gasteiger partial charge in [0.05, 0.1) is 26.3 Å². The lowest BCUT2D eigenvalue weighted by atomic mass is 10.1. The normalized spacial score (nSPS) is 10.0. The third kappa shape index (κ3) is 5.24. The average Bonchev–Trinajstić information content (AvgIpc) is 2.66. The second-order valence-electron chi connectivity index (χ2n) is 5.30. The maximum atomic E-state index is 12.0. The standard InChI is InChI=1S/C19H22N2O4/c1-24-17-10-6-3-7-14(17)11-12-20-18(22)13-21-16-9-5-4-8-15(16)19(23)25-2/h3-10,21H,11-13H2,1-2H3,(H,20,22). The van der Waals surface area contributed by atoms with Crippen LogP contribution in [0, 0.1) is 0 Å². The van der Waals surface area contributed by atoms with Crippen molar-refractivity contribution in [3.8, 4) is 5.75 Å². The molecular formula is C19H22N2O4. The third-order valence-corrected chi connectivity index (χ3v) is 3.68. The van der Waals surface area contributed by atoms with Gasteiger partial charge in [0, 0.05) is 12.2 Å². The number of anilines is 1. The number of carbonyl (C=O) groups is 2. The number of para-hydroxylation sites is 2. The van der Waals surface area contributed by atoms with Crippen molar-refractivity contribution >= 4 is 17.6 Å². The van der Waals surface area contributed by atoms with Gasteiger partial charge >= 0.3 is 5.97 Å². The van der Waals surface area contributed by atoms with Gasteiger partial charge in [0.2, 0.25) is 5.91 Å². The zero-order valence-electron chi connectivity index (χ0n) is 14.4. The molecule has 0 aliphatic heterocycles. The molecule has 0 saturated carbocycles. The van der Waals surface area contributed by atoms with Crippen LogP contribution in [0.4, 0.5) is 5.69 Å². The molecule has 2 aromatic carbocycles. The van der Waals surface area contributed by atoms with E-state index in [4.69, 9.17) is 9.47 Å². The van der Waals surface area contributed by atoms with Crippen molar-refractivity contribution in [1.29, 1.82) is 0 Å². The Hall–Kier alpha value is -3.02. The van der Waals surface area contributed by atoms with Crippen molar-refractivity contribution in [3.05, 3.63) is 59.7 Å². The molecule has 0 aliphatic rings. The van der Waals surface area contributed by atoms with Gasteiger partial charge in [-0.15, -0.1) is 0 Å². The van der Waals surface area contributed by atoms with Gasteiger partial charge in [-0.25, -0.2) is 4.79 Å². The van der Waals surface area contributed by atoms with Gasteiger partial charge in [0.1, 0.15) is 5.75 Å². The van der Waals surface area contributed by atoms with E-state index in [1.807, 2.05) is 24.3 Å². The van der Waals surface area contributed by atoms with E-state index in [0.717, 1.165) is 11.3 Å². The first-order valence-corrected chi connectivity index (χ1v) is 7.95. The van der Waals surface area contributed by atoms with E-state index in [1.165, 1.54) is 7.11 Å². The SMILES string of the molecule is COC(=O)c1ccccc1NCC(=O)NCCc1ccccc1OC. The highest BCUT2D eigenvalue weighted by Gasteiger charge is 2.11. The summed E-state index contributed by atoms with van der Waals surface area (Å²) in [5.74, 6) is 0.205. The van der Waals surface area contributed by atoms with Gasteiger partial charge in [-0.2, -0.15) is 0 Å². The maximum absolute atomic E-state index is 12.0. The molecule has 0 saturated heterocycles. The number of methoxy groups -OCH3 is 2. The van der Waals surface area contributed by atoms with Crippen molar-refractivity contribution in [1.82, 2.24) is 5.32 Å². The van der Waals surface area contributed by atoms with E-state index in [2.05, 4.69) is 10.6 Å². The molecule has 0 fully saturated rings. The fraction of sp³-hybridized carbons (Fsp3) is 0.263. The van der Waals surface area contributed by atoms with Crippen LogP contribution in [0.25, 0.3) is 0 Å². The van der Waals surface area contributed by atoms with Crippen molar-refractivity contribution in [2.24, 2.45) is 0 Å². The third-order valence-electron chi connectivity index (χ3n) is 3.68. The van der Waals surface area contributed by atoms with Crippen LogP contribution >= 0.6 is 0 Å². The topological polar surface area (TPSA) is 76.7 Å². The Morgan fingerprint density at radius 3 is 2.48 bits per heavy atom. The summed E-state index contributed by atoms with van der Waals surface area (Å²) < 4.78 is 10.0. The van der Waals surface area contributed by atoms with Crippen molar-refractivity contribution in [2.45, 2.75) is 6.42 Å². The molecule has 0 atom stereocenters. The highest BCUT2D eigenvalue weighted by molar-refractivity contribution is 5.96. The van der Waals surface area contributed by atoms with Gasteiger partial charge in [-0.05, 0) is 30.2 Å². The predicted molar refractivity (Wildman–Crippen MR) is 96.0 cm³/mol.